The summed E-state index contributed by atoms with van der Waals surface area (Å²) in [6.45, 7) is -0.752. The van der Waals surface area contributed by atoms with Gasteiger partial charge in [0.15, 0.2) is 0 Å². The molecule has 6 nitrogen and oxygen atoms in total. The molecule has 98 valence electrons. The van der Waals surface area contributed by atoms with E-state index in [1.807, 2.05) is 0 Å². The van der Waals surface area contributed by atoms with E-state index in [9.17, 15) is 19.5 Å². The van der Waals surface area contributed by atoms with E-state index < -0.39 is 23.7 Å². The Hall–Kier alpha value is -2.28. The van der Waals surface area contributed by atoms with Crippen LogP contribution in [-0.2, 0) is 9.59 Å². The number of aliphatic carboxylic acids is 1. The highest BCUT2D eigenvalue weighted by Crippen LogP contribution is 2.32. The van der Waals surface area contributed by atoms with Crippen molar-refractivity contribution < 1.29 is 24.6 Å². The molecule has 1 aromatic carbocycles. The van der Waals surface area contributed by atoms with Crippen LogP contribution in [0.25, 0.3) is 6.08 Å². The SMILES string of the molecule is O=C([O-])CN1C(=O)S/C(=C\c2ccc(O)cc2)C1=O. The van der Waals surface area contributed by atoms with E-state index in [1.165, 1.54) is 18.2 Å². The second-order valence-electron chi connectivity index (χ2n) is 3.73. The molecule has 7 heteroatoms. The summed E-state index contributed by atoms with van der Waals surface area (Å²) in [6.07, 6.45) is 1.46. The molecule has 1 aliphatic heterocycles. The number of imide groups is 1. The Kier molecular flexibility index (Phi) is 3.57. The smallest absolute Gasteiger partial charge is 0.293 e. The fourth-order valence-electron chi connectivity index (χ4n) is 1.49. The quantitative estimate of drug-likeness (QED) is 0.792. The molecule has 19 heavy (non-hydrogen) atoms. The number of carboxylic acids is 1. The number of rotatable bonds is 3. The molecule has 0 atom stereocenters. The number of carbonyl (C=O) groups is 3. The number of aromatic hydroxyl groups is 1. The minimum Gasteiger partial charge on any atom is -0.548 e. The van der Waals surface area contributed by atoms with Gasteiger partial charge in [-0.3, -0.25) is 14.5 Å². The molecule has 1 aromatic rings. The van der Waals surface area contributed by atoms with Crippen LogP contribution < -0.4 is 5.11 Å². The standard InChI is InChI=1S/C12H9NO5S/c14-8-3-1-7(2-4-8)5-9-11(17)13(6-10(15)16)12(18)19-9/h1-5,14H,6H2,(H,15,16)/p-1/b9-5-. The van der Waals surface area contributed by atoms with E-state index in [0.717, 1.165) is 0 Å². The molecule has 0 aliphatic carbocycles. The molecule has 2 amide bonds. The Morgan fingerprint density at radius 1 is 1.32 bits per heavy atom. The van der Waals surface area contributed by atoms with E-state index in [0.29, 0.717) is 22.2 Å². The highest BCUT2D eigenvalue weighted by Gasteiger charge is 2.34. The molecule has 0 radical (unpaired) electrons. The summed E-state index contributed by atoms with van der Waals surface area (Å²) in [5.74, 6) is -2.07. The Morgan fingerprint density at radius 3 is 2.53 bits per heavy atom. The molecule has 1 saturated heterocycles. The first-order valence-electron chi connectivity index (χ1n) is 5.21. The van der Waals surface area contributed by atoms with Crippen LogP contribution in [0, 0.1) is 0 Å². The van der Waals surface area contributed by atoms with Gasteiger partial charge >= 0.3 is 0 Å². The average Bonchev–Trinajstić information content (AvgIpc) is 2.60. The monoisotopic (exact) mass is 278 g/mol. The van der Waals surface area contributed by atoms with Crippen LogP contribution >= 0.6 is 11.8 Å². The van der Waals surface area contributed by atoms with Gasteiger partial charge in [-0.25, -0.2) is 0 Å². The van der Waals surface area contributed by atoms with Crippen LogP contribution in [0.5, 0.6) is 5.75 Å². The Morgan fingerprint density at radius 2 is 1.95 bits per heavy atom. The molecule has 0 aromatic heterocycles. The molecular weight excluding hydrogens is 270 g/mol. The van der Waals surface area contributed by atoms with E-state index >= 15 is 0 Å². The molecular formula is C12H8NO5S-. The van der Waals surface area contributed by atoms with Crippen LogP contribution in [0.3, 0.4) is 0 Å². The lowest BCUT2D eigenvalue weighted by Gasteiger charge is -2.12. The average molecular weight is 278 g/mol. The number of nitrogens with zero attached hydrogens (tertiary/aromatic N) is 1. The van der Waals surface area contributed by atoms with Crippen LogP contribution in [-0.4, -0.2) is 33.7 Å². The van der Waals surface area contributed by atoms with E-state index in [1.54, 1.807) is 12.1 Å². The summed E-state index contributed by atoms with van der Waals surface area (Å²) < 4.78 is 0. The second kappa shape index (κ2) is 5.15. The number of thioether (sulfide) groups is 1. The highest BCUT2D eigenvalue weighted by molar-refractivity contribution is 8.18. The summed E-state index contributed by atoms with van der Waals surface area (Å²) in [7, 11) is 0. The summed E-state index contributed by atoms with van der Waals surface area (Å²) in [6, 6.07) is 6.03. The van der Waals surface area contributed by atoms with E-state index in [4.69, 9.17) is 5.11 Å². The lowest BCUT2D eigenvalue weighted by Crippen LogP contribution is -2.40. The van der Waals surface area contributed by atoms with Gasteiger partial charge in [-0.15, -0.1) is 0 Å². The number of amides is 2. The first-order chi connectivity index (χ1) is 8.97. The number of carboxylic acid groups (broad SMARTS) is 1. The predicted octanol–water partition coefficient (Wildman–Crippen LogP) is 0.178. The fraction of sp³-hybridized carbons (Fsp3) is 0.0833. The van der Waals surface area contributed by atoms with Crippen molar-refractivity contribution in [1.29, 1.82) is 0 Å². The zero-order valence-corrected chi connectivity index (χ0v) is 10.3. The molecule has 1 aliphatic rings. The molecule has 0 saturated carbocycles. The van der Waals surface area contributed by atoms with Crippen LogP contribution in [0.15, 0.2) is 29.2 Å². The van der Waals surface area contributed by atoms with Gasteiger partial charge in [-0.05, 0) is 35.5 Å². The third-order valence-electron chi connectivity index (χ3n) is 2.35. The van der Waals surface area contributed by atoms with Crippen molar-refractivity contribution in [2.45, 2.75) is 0 Å². The Labute approximate surface area is 112 Å². The van der Waals surface area contributed by atoms with Gasteiger partial charge in [-0.2, -0.15) is 0 Å². The molecule has 1 heterocycles. The zero-order chi connectivity index (χ0) is 14.0. The molecule has 0 unspecified atom stereocenters. The number of phenols is 1. The minimum absolute atomic E-state index is 0.0854. The number of benzene rings is 1. The van der Waals surface area contributed by atoms with Gasteiger partial charge in [0.05, 0.1) is 17.4 Å². The van der Waals surface area contributed by atoms with Gasteiger partial charge in [-0.1, -0.05) is 12.1 Å². The Bertz CT molecular complexity index is 578. The summed E-state index contributed by atoms with van der Waals surface area (Å²) in [4.78, 5) is 34.5. The molecule has 1 N–H and O–H groups in total. The van der Waals surface area contributed by atoms with Crippen molar-refractivity contribution in [3.63, 3.8) is 0 Å². The first kappa shape index (κ1) is 13.2. The van der Waals surface area contributed by atoms with Gasteiger partial charge in [0.25, 0.3) is 11.1 Å². The van der Waals surface area contributed by atoms with E-state index in [2.05, 4.69) is 0 Å². The maximum atomic E-state index is 11.8. The zero-order valence-electron chi connectivity index (χ0n) is 9.53. The van der Waals surface area contributed by atoms with Crippen molar-refractivity contribution in [2.24, 2.45) is 0 Å². The summed E-state index contributed by atoms with van der Waals surface area (Å²) in [5, 5.41) is 18.9. The third kappa shape index (κ3) is 2.94. The van der Waals surface area contributed by atoms with Crippen molar-refractivity contribution in [3.05, 3.63) is 34.7 Å². The fourth-order valence-corrected chi connectivity index (χ4v) is 2.33. The summed E-state index contributed by atoms with van der Waals surface area (Å²) in [5.41, 5.74) is 0.622. The number of phenolic OH excluding ortho intramolecular Hbond substituents is 1. The van der Waals surface area contributed by atoms with Gasteiger partial charge in [0.1, 0.15) is 5.75 Å². The van der Waals surface area contributed by atoms with Crippen molar-refractivity contribution in [2.75, 3.05) is 6.54 Å². The van der Waals surface area contributed by atoms with Crippen molar-refractivity contribution >= 4 is 35.0 Å². The maximum Gasteiger partial charge on any atom is 0.293 e. The number of carbonyl (C=O) groups excluding carboxylic acids is 3. The number of hydrogen-bond donors (Lipinski definition) is 1. The van der Waals surface area contributed by atoms with E-state index in [-0.39, 0.29) is 10.7 Å². The minimum atomic E-state index is -1.49. The van der Waals surface area contributed by atoms with Crippen LogP contribution in [0.1, 0.15) is 5.56 Å². The van der Waals surface area contributed by atoms with Crippen LogP contribution in [0.4, 0.5) is 4.79 Å². The van der Waals surface area contributed by atoms with Crippen LogP contribution in [0.2, 0.25) is 0 Å². The predicted molar refractivity (Wildman–Crippen MR) is 65.8 cm³/mol. The summed E-state index contributed by atoms with van der Waals surface area (Å²) >= 11 is 0.668. The normalized spacial score (nSPS) is 17.3. The van der Waals surface area contributed by atoms with Crippen molar-refractivity contribution in [1.82, 2.24) is 4.90 Å². The Balaban J connectivity index is 2.23. The molecule has 1 fully saturated rings. The first-order valence-corrected chi connectivity index (χ1v) is 6.03. The lowest BCUT2D eigenvalue weighted by molar-refractivity contribution is -0.305. The molecule has 0 bridgehead atoms. The second-order valence-corrected chi connectivity index (χ2v) is 4.72. The highest BCUT2D eigenvalue weighted by atomic mass is 32.2. The van der Waals surface area contributed by atoms with Gasteiger partial charge < -0.3 is 15.0 Å². The lowest BCUT2D eigenvalue weighted by atomic mass is 10.2. The van der Waals surface area contributed by atoms with Gasteiger partial charge in [0, 0.05) is 0 Å². The molecule has 0 spiro atoms. The topological polar surface area (TPSA) is 97.7 Å². The molecule has 2 rings (SSSR count). The maximum absolute atomic E-state index is 11.8. The van der Waals surface area contributed by atoms with Crippen molar-refractivity contribution in [3.8, 4) is 5.75 Å². The largest absolute Gasteiger partial charge is 0.548 e. The third-order valence-corrected chi connectivity index (χ3v) is 3.26. The number of hydrogen-bond acceptors (Lipinski definition) is 6. The van der Waals surface area contributed by atoms with Gasteiger partial charge in [0.2, 0.25) is 0 Å².